The molecule has 6 heteroatoms. The lowest BCUT2D eigenvalue weighted by molar-refractivity contribution is -0.152. The van der Waals surface area contributed by atoms with Crippen LogP contribution in [0.15, 0.2) is 0 Å². The standard InChI is InChI=1S/C13H25F3N2O/c1-3-6-18(10-13(14,15)16)9-12(8-17-2)5-4-7-19-11-12/h17H,3-11H2,1-2H3. The van der Waals surface area contributed by atoms with Gasteiger partial charge >= 0.3 is 6.18 Å². The number of rotatable bonds is 7. The molecule has 0 amide bonds. The van der Waals surface area contributed by atoms with Crippen LogP contribution in [0.25, 0.3) is 0 Å². The highest BCUT2D eigenvalue weighted by atomic mass is 19.4. The third kappa shape index (κ3) is 6.10. The van der Waals surface area contributed by atoms with Crippen molar-refractivity contribution in [3.63, 3.8) is 0 Å². The molecule has 0 aliphatic carbocycles. The first kappa shape index (κ1) is 16.7. The third-order valence-corrected chi connectivity index (χ3v) is 3.46. The second-order valence-electron chi connectivity index (χ2n) is 5.51. The molecule has 1 aliphatic heterocycles. The van der Waals surface area contributed by atoms with E-state index in [9.17, 15) is 13.2 Å². The average Bonchev–Trinajstić information content (AvgIpc) is 2.28. The average molecular weight is 282 g/mol. The topological polar surface area (TPSA) is 24.5 Å². The van der Waals surface area contributed by atoms with Crippen molar-refractivity contribution in [3.05, 3.63) is 0 Å². The maximum atomic E-state index is 12.6. The van der Waals surface area contributed by atoms with Crippen LogP contribution in [0, 0.1) is 5.41 Å². The van der Waals surface area contributed by atoms with Gasteiger partial charge in [-0.3, -0.25) is 4.90 Å². The van der Waals surface area contributed by atoms with Gasteiger partial charge in [0.15, 0.2) is 0 Å². The Balaban J connectivity index is 2.66. The first-order valence-corrected chi connectivity index (χ1v) is 6.92. The summed E-state index contributed by atoms with van der Waals surface area (Å²) in [5, 5.41) is 3.10. The highest BCUT2D eigenvalue weighted by Crippen LogP contribution is 2.30. The van der Waals surface area contributed by atoms with E-state index in [0.29, 0.717) is 26.2 Å². The lowest BCUT2D eigenvalue weighted by Gasteiger charge is -2.41. The third-order valence-electron chi connectivity index (χ3n) is 3.46. The predicted octanol–water partition coefficient (Wildman–Crippen LogP) is 2.28. The Morgan fingerprint density at radius 2 is 2.11 bits per heavy atom. The SMILES string of the molecule is CCCN(CC(F)(F)F)CC1(CNC)CCCOC1. The molecule has 0 aromatic carbocycles. The monoisotopic (exact) mass is 282 g/mol. The molecular formula is C13H25F3N2O. The first-order valence-electron chi connectivity index (χ1n) is 6.92. The fourth-order valence-corrected chi connectivity index (χ4v) is 2.86. The van der Waals surface area contributed by atoms with Crippen LogP contribution in [0.5, 0.6) is 0 Å². The van der Waals surface area contributed by atoms with E-state index >= 15 is 0 Å². The van der Waals surface area contributed by atoms with Gasteiger partial charge in [0.25, 0.3) is 0 Å². The van der Waals surface area contributed by atoms with Gasteiger partial charge in [0.1, 0.15) is 0 Å². The van der Waals surface area contributed by atoms with Gasteiger partial charge in [-0.25, -0.2) is 0 Å². The molecule has 114 valence electrons. The van der Waals surface area contributed by atoms with Crippen molar-refractivity contribution < 1.29 is 17.9 Å². The van der Waals surface area contributed by atoms with Crippen molar-refractivity contribution in [1.29, 1.82) is 0 Å². The largest absolute Gasteiger partial charge is 0.401 e. The lowest BCUT2D eigenvalue weighted by Crippen LogP contribution is -2.50. The number of hydrogen-bond acceptors (Lipinski definition) is 3. The van der Waals surface area contributed by atoms with Gasteiger partial charge in [-0.1, -0.05) is 6.92 Å². The maximum Gasteiger partial charge on any atom is 0.401 e. The zero-order chi connectivity index (χ0) is 14.4. The molecule has 1 aliphatic rings. The fourth-order valence-electron chi connectivity index (χ4n) is 2.86. The van der Waals surface area contributed by atoms with Gasteiger partial charge in [0.05, 0.1) is 13.2 Å². The van der Waals surface area contributed by atoms with E-state index in [-0.39, 0.29) is 5.41 Å². The maximum absolute atomic E-state index is 12.6. The van der Waals surface area contributed by atoms with Crippen LogP contribution in [0.1, 0.15) is 26.2 Å². The summed E-state index contributed by atoms with van der Waals surface area (Å²) in [6.07, 6.45) is -1.56. The molecule has 1 atom stereocenters. The molecule has 19 heavy (non-hydrogen) atoms. The molecule has 1 heterocycles. The smallest absolute Gasteiger partial charge is 0.381 e. The normalized spacial score (nSPS) is 24.9. The molecule has 0 aromatic rings. The van der Waals surface area contributed by atoms with Gasteiger partial charge in [0.2, 0.25) is 0 Å². The highest BCUT2D eigenvalue weighted by molar-refractivity contribution is 4.87. The zero-order valence-corrected chi connectivity index (χ0v) is 11.9. The second-order valence-corrected chi connectivity index (χ2v) is 5.51. The highest BCUT2D eigenvalue weighted by Gasteiger charge is 2.37. The van der Waals surface area contributed by atoms with Crippen LogP contribution in [0.3, 0.4) is 0 Å². The summed E-state index contributed by atoms with van der Waals surface area (Å²) < 4.78 is 43.3. The molecule has 1 fully saturated rings. The Morgan fingerprint density at radius 3 is 2.58 bits per heavy atom. The Labute approximate surface area is 113 Å². The number of nitrogens with zero attached hydrogens (tertiary/aromatic N) is 1. The second kappa shape index (κ2) is 7.45. The van der Waals surface area contributed by atoms with Gasteiger partial charge < -0.3 is 10.1 Å². The summed E-state index contributed by atoms with van der Waals surface area (Å²) >= 11 is 0. The van der Waals surface area contributed by atoms with Gasteiger partial charge in [-0.15, -0.1) is 0 Å². The van der Waals surface area contributed by atoms with Gasteiger partial charge in [-0.05, 0) is 32.9 Å². The van der Waals surface area contributed by atoms with E-state index in [1.54, 1.807) is 0 Å². The van der Waals surface area contributed by atoms with Gasteiger partial charge in [0, 0.05) is 25.1 Å². The van der Waals surface area contributed by atoms with E-state index in [4.69, 9.17) is 4.74 Å². The molecule has 1 unspecified atom stereocenters. The predicted molar refractivity (Wildman–Crippen MR) is 69.2 cm³/mol. The first-order chi connectivity index (χ1) is 8.91. The summed E-state index contributed by atoms with van der Waals surface area (Å²) in [7, 11) is 1.84. The van der Waals surface area contributed by atoms with Crippen molar-refractivity contribution in [2.24, 2.45) is 5.41 Å². The number of ether oxygens (including phenoxy) is 1. The van der Waals surface area contributed by atoms with Gasteiger partial charge in [-0.2, -0.15) is 13.2 Å². The molecule has 1 rings (SSSR count). The van der Waals surface area contributed by atoms with E-state index in [0.717, 1.165) is 25.9 Å². The number of nitrogens with one attached hydrogen (secondary N) is 1. The van der Waals surface area contributed by atoms with Crippen LogP contribution in [0.4, 0.5) is 13.2 Å². The van der Waals surface area contributed by atoms with Crippen molar-refractivity contribution in [2.75, 3.05) is 46.4 Å². The van der Waals surface area contributed by atoms with Crippen molar-refractivity contribution in [3.8, 4) is 0 Å². The van der Waals surface area contributed by atoms with Crippen LogP contribution >= 0.6 is 0 Å². The Kier molecular flexibility index (Phi) is 6.56. The van der Waals surface area contributed by atoms with Crippen molar-refractivity contribution in [1.82, 2.24) is 10.2 Å². The van der Waals surface area contributed by atoms with Crippen LogP contribution in [-0.4, -0.2) is 57.5 Å². The Bertz CT molecular complexity index is 247. The van der Waals surface area contributed by atoms with E-state index in [2.05, 4.69) is 5.32 Å². The lowest BCUT2D eigenvalue weighted by atomic mass is 9.81. The summed E-state index contributed by atoms with van der Waals surface area (Å²) in [5.41, 5.74) is -0.187. The minimum atomic E-state index is -4.13. The van der Waals surface area contributed by atoms with Crippen molar-refractivity contribution >= 4 is 0 Å². The molecule has 1 saturated heterocycles. The number of hydrogen-bond donors (Lipinski definition) is 1. The minimum absolute atomic E-state index is 0.187. The minimum Gasteiger partial charge on any atom is -0.381 e. The quantitative estimate of drug-likeness (QED) is 0.775. The summed E-state index contributed by atoms with van der Waals surface area (Å²) in [6, 6.07) is 0. The molecule has 0 saturated carbocycles. The molecule has 3 nitrogen and oxygen atoms in total. The Morgan fingerprint density at radius 1 is 1.37 bits per heavy atom. The molecule has 0 aromatic heterocycles. The van der Waals surface area contributed by atoms with Crippen LogP contribution in [0.2, 0.25) is 0 Å². The van der Waals surface area contributed by atoms with E-state index in [1.807, 2.05) is 14.0 Å². The molecule has 0 radical (unpaired) electrons. The van der Waals surface area contributed by atoms with Crippen LogP contribution < -0.4 is 5.32 Å². The van der Waals surface area contributed by atoms with Crippen molar-refractivity contribution in [2.45, 2.75) is 32.4 Å². The number of halogens is 3. The molecule has 1 N–H and O–H groups in total. The van der Waals surface area contributed by atoms with E-state index < -0.39 is 12.7 Å². The Hall–Kier alpha value is -0.330. The summed E-state index contributed by atoms with van der Waals surface area (Å²) in [6.45, 7) is 3.97. The molecule has 0 spiro atoms. The summed E-state index contributed by atoms with van der Waals surface area (Å²) in [4.78, 5) is 1.52. The molecule has 0 bridgehead atoms. The molecular weight excluding hydrogens is 257 g/mol. The van der Waals surface area contributed by atoms with E-state index in [1.165, 1.54) is 4.90 Å². The van der Waals surface area contributed by atoms with Crippen LogP contribution in [-0.2, 0) is 4.74 Å². The summed E-state index contributed by atoms with van der Waals surface area (Å²) in [5.74, 6) is 0. The number of alkyl halides is 3. The fraction of sp³-hybridized carbons (Fsp3) is 1.00. The zero-order valence-electron chi connectivity index (χ0n) is 11.9.